The first-order valence-electron chi connectivity index (χ1n) is 7.88. The van der Waals surface area contributed by atoms with E-state index >= 15 is 0 Å². The lowest BCUT2D eigenvalue weighted by Crippen LogP contribution is -2.37. The molecule has 25 heavy (non-hydrogen) atoms. The number of nitrogens with one attached hydrogen (secondary N) is 1. The van der Waals surface area contributed by atoms with Gasteiger partial charge in [0.25, 0.3) is 11.1 Å². The van der Waals surface area contributed by atoms with Crippen LogP contribution in [0.15, 0.2) is 33.9 Å². The van der Waals surface area contributed by atoms with Crippen molar-refractivity contribution < 1.29 is 9.21 Å². The number of nitrogens with zero attached hydrogens (tertiary/aromatic N) is 2. The molecule has 3 rings (SSSR count). The summed E-state index contributed by atoms with van der Waals surface area (Å²) in [5.74, 6) is 0.952. The van der Waals surface area contributed by atoms with Crippen molar-refractivity contribution in [1.29, 1.82) is 0 Å². The minimum atomic E-state index is -0.0501. The van der Waals surface area contributed by atoms with Crippen LogP contribution in [0.3, 0.4) is 0 Å². The van der Waals surface area contributed by atoms with Crippen molar-refractivity contribution in [2.45, 2.75) is 32.0 Å². The summed E-state index contributed by atoms with van der Waals surface area (Å²) in [6.07, 6.45) is 0. The zero-order chi connectivity index (χ0) is 18.0. The van der Waals surface area contributed by atoms with E-state index in [9.17, 15) is 4.79 Å². The van der Waals surface area contributed by atoms with Gasteiger partial charge < -0.3 is 9.73 Å². The van der Waals surface area contributed by atoms with Crippen molar-refractivity contribution in [2.75, 3.05) is 5.75 Å². The van der Waals surface area contributed by atoms with E-state index in [1.54, 1.807) is 0 Å². The van der Waals surface area contributed by atoms with Crippen LogP contribution in [-0.4, -0.2) is 27.9 Å². The Morgan fingerprint density at radius 2 is 2.08 bits per heavy atom. The summed E-state index contributed by atoms with van der Waals surface area (Å²) >= 11 is 9.16. The number of thiophene rings is 1. The zero-order valence-corrected chi connectivity index (χ0v) is 16.5. The monoisotopic (exact) mass is 395 g/mol. The number of rotatable bonds is 6. The van der Waals surface area contributed by atoms with Gasteiger partial charge in [-0.3, -0.25) is 4.79 Å². The predicted molar refractivity (Wildman–Crippen MR) is 103 cm³/mol. The van der Waals surface area contributed by atoms with Gasteiger partial charge in [-0.1, -0.05) is 55.4 Å². The maximum absolute atomic E-state index is 11.9. The third kappa shape index (κ3) is 4.16. The topological polar surface area (TPSA) is 68.0 Å². The van der Waals surface area contributed by atoms with Crippen LogP contribution in [-0.2, 0) is 4.79 Å². The largest absolute Gasteiger partial charge is 0.410 e. The molecular weight excluding hydrogens is 378 g/mol. The third-order valence-electron chi connectivity index (χ3n) is 3.85. The molecule has 1 N–H and O–H groups in total. The summed E-state index contributed by atoms with van der Waals surface area (Å²) in [5, 5.41) is 13.0. The maximum Gasteiger partial charge on any atom is 0.277 e. The normalized spacial score (nSPS) is 12.7. The lowest BCUT2D eigenvalue weighted by Gasteiger charge is -2.16. The first-order chi connectivity index (χ1) is 12.0. The minimum Gasteiger partial charge on any atom is -0.410 e. The second kappa shape index (κ2) is 7.76. The first kappa shape index (κ1) is 18.2. The Kier molecular flexibility index (Phi) is 5.66. The van der Waals surface area contributed by atoms with Gasteiger partial charge in [-0.25, -0.2) is 0 Å². The summed E-state index contributed by atoms with van der Waals surface area (Å²) in [4.78, 5) is 12.7. The molecule has 0 aliphatic rings. The Bertz CT molecular complexity index is 891. The summed E-state index contributed by atoms with van der Waals surface area (Å²) in [5.41, 5.74) is 0. The van der Waals surface area contributed by atoms with E-state index in [1.165, 1.54) is 23.1 Å². The number of aromatic nitrogens is 2. The molecule has 1 amide bonds. The van der Waals surface area contributed by atoms with Crippen molar-refractivity contribution in [3.8, 4) is 10.8 Å². The van der Waals surface area contributed by atoms with Gasteiger partial charge in [0.1, 0.15) is 4.88 Å². The minimum absolute atomic E-state index is 0.0501. The molecule has 3 aromatic rings. The number of carbonyl (C=O) groups excluding carboxylic acids is 1. The molecule has 0 aliphatic heterocycles. The molecule has 0 unspecified atom stereocenters. The molecular formula is C17H18ClN3O2S2. The van der Waals surface area contributed by atoms with E-state index in [1.807, 2.05) is 31.2 Å². The van der Waals surface area contributed by atoms with E-state index in [0.29, 0.717) is 22.1 Å². The Labute approximate surface area is 159 Å². The van der Waals surface area contributed by atoms with Crippen molar-refractivity contribution in [3.63, 3.8) is 0 Å². The molecule has 0 spiro atoms. The van der Waals surface area contributed by atoms with Gasteiger partial charge in [-0.15, -0.1) is 21.5 Å². The number of hydrogen-bond acceptors (Lipinski definition) is 6. The van der Waals surface area contributed by atoms with Crippen LogP contribution in [0.2, 0.25) is 5.02 Å². The van der Waals surface area contributed by atoms with Crippen LogP contribution >= 0.6 is 34.7 Å². The second-order valence-electron chi connectivity index (χ2n) is 6.00. The van der Waals surface area contributed by atoms with Crippen molar-refractivity contribution in [3.05, 3.63) is 29.3 Å². The number of carbonyl (C=O) groups is 1. The average molecular weight is 396 g/mol. The fraction of sp³-hybridized carbons (Fsp3) is 0.353. The van der Waals surface area contributed by atoms with Gasteiger partial charge in [-0.05, 0) is 18.9 Å². The Hall–Kier alpha value is -1.57. The van der Waals surface area contributed by atoms with Crippen LogP contribution < -0.4 is 5.32 Å². The van der Waals surface area contributed by atoms with Gasteiger partial charge in [0, 0.05) is 16.1 Å². The maximum atomic E-state index is 11.9. The molecule has 0 aliphatic carbocycles. The van der Waals surface area contributed by atoms with E-state index in [0.717, 1.165) is 15.0 Å². The number of fused-ring (bicyclic) bond motifs is 1. The van der Waals surface area contributed by atoms with Gasteiger partial charge in [0.15, 0.2) is 0 Å². The van der Waals surface area contributed by atoms with Gasteiger partial charge in [0.2, 0.25) is 5.91 Å². The van der Waals surface area contributed by atoms with Crippen LogP contribution in [0.4, 0.5) is 0 Å². The van der Waals surface area contributed by atoms with Crippen molar-refractivity contribution in [1.82, 2.24) is 15.5 Å². The molecule has 0 radical (unpaired) electrons. The summed E-state index contributed by atoms with van der Waals surface area (Å²) in [6.45, 7) is 6.12. The van der Waals surface area contributed by atoms with E-state index < -0.39 is 0 Å². The first-order valence-corrected chi connectivity index (χ1v) is 10.1. The van der Waals surface area contributed by atoms with Gasteiger partial charge in [0.05, 0.1) is 10.8 Å². The smallest absolute Gasteiger partial charge is 0.277 e. The molecule has 1 aromatic carbocycles. The molecule has 2 aromatic heterocycles. The molecule has 1 atom stereocenters. The Morgan fingerprint density at radius 3 is 2.80 bits per heavy atom. The standard InChI is InChI=1S/C17H18ClN3O2S2/c1-9(2)10(3)19-13(22)8-24-17-21-20-16(23-17)15-14(18)11-6-4-5-7-12(11)25-15/h4-7,9-10H,8H2,1-3H3,(H,19,22)/t10-/m1/s1. The number of halogens is 1. The molecule has 5 nitrogen and oxygen atoms in total. The number of benzene rings is 1. The van der Waals surface area contributed by atoms with Gasteiger partial charge >= 0.3 is 0 Å². The lowest BCUT2D eigenvalue weighted by molar-refractivity contribution is -0.119. The molecule has 0 saturated carbocycles. The van der Waals surface area contributed by atoms with Crippen LogP contribution in [0.1, 0.15) is 20.8 Å². The highest BCUT2D eigenvalue weighted by Crippen LogP contribution is 2.41. The fourth-order valence-corrected chi connectivity index (χ4v) is 4.11. The molecule has 132 valence electrons. The zero-order valence-electron chi connectivity index (χ0n) is 14.1. The number of hydrogen-bond donors (Lipinski definition) is 1. The molecule has 0 fully saturated rings. The third-order valence-corrected chi connectivity index (χ3v) is 6.33. The average Bonchev–Trinajstić information content (AvgIpc) is 3.18. The predicted octanol–water partition coefficient (Wildman–Crippen LogP) is 4.86. The fourth-order valence-electron chi connectivity index (χ4n) is 2.10. The highest BCUT2D eigenvalue weighted by molar-refractivity contribution is 7.99. The lowest BCUT2D eigenvalue weighted by atomic mass is 10.1. The number of thioether (sulfide) groups is 1. The highest BCUT2D eigenvalue weighted by Gasteiger charge is 2.18. The van der Waals surface area contributed by atoms with Crippen LogP contribution in [0, 0.1) is 5.92 Å². The summed E-state index contributed by atoms with van der Waals surface area (Å²) in [7, 11) is 0. The Balaban J connectivity index is 1.68. The van der Waals surface area contributed by atoms with E-state index in [2.05, 4.69) is 29.4 Å². The van der Waals surface area contributed by atoms with Crippen LogP contribution in [0.25, 0.3) is 20.9 Å². The van der Waals surface area contributed by atoms with Crippen molar-refractivity contribution in [2.24, 2.45) is 5.92 Å². The van der Waals surface area contributed by atoms with E-state index in [4.69, 9.17) is 16.0 Å². The molecule has 8 heteroatoms. The van der Waals surface area contributed by atoms with Crippen LogP contribution in [0.5, 0.6) is 0 Å². The molecule has 2 heterocycles. The summed E-state index contributed by atoms with van der Waals surface area (Å²) in [6, 6.07) is 8.00. The molecule has 0 saturated heterocycles. The quantitative estimate of drug-likeness (QED) is 0.604. The Morgan fingerprint density at radius 1 is 1.32 bits per heavy atom. The SMILES string of the molecule is CC(C)[C@@H](C)NC(=O)CSc1nnc(-c2sc3ccccc3c2Cl)o1. The van der Waals surface area contributed by atoms with Gasteiger partial charge in [-0.2, -0.15) is 0 Å². The second-order valence-corrected chi connectivity index (χ2v) is 8.36. The summed E-state index contributed by atoms with van der Waals surface area (Å²) < 4.78 is 6.74. The highest BCUT2D eigenvalue weighted by atomic mass is 35.5. The van der Waals surface area contributed by atoms with E-state index in [-0.39, 0.29) is 17.7 Å². The van der Waals surface area contributed by atoms with Crippen molar-refractivity contribution >= 4 is 50.7 Å². The number of amides is 1. The molecule has 0 bridgehead atoms.